The maximum absolute atomic E-state index is 5.65. The van der Waals surface area contributed by atoms with Crippen LogP contribution in [0, 0.1) is 5.41 Å². The van der Waals surface area contributed by atoms with Gasteiger partial charge in [-0.25, -0.2) is 0 Å². The molecular formula is C11H24ClNO2. The quantitative estimate of drug-likeness (QED) is 0.686. The lowest BCUT2D eigenvalue weighted by atomic mass is 9.87. The Balaban J connectivity index is 0.00000196. The molecule has 0 amide bonds. The van der Waals surface area contributed by atoms with Gasteiger partial charge in [-0.2, -0.15) is 0 Å². The van der Waals surface area contributed by atoms with Gasteiger partial charge in [-0.3, -0.25) is 0 Å². The van der Waals surface area contributed by atoms with Crippen LogP contribution in [0.2, 0.25) is 0 Å². The molecule has 1 N–H and O–H groups in total. The molecule has 0 spiro atoms. The first kappa shape index (κ1) is 15.2. The highest BCUT2D eigenvalue weighted by molar-refractivity contribution is 5.85. The summed E-state index contributed by atoms with van der Waals surface area (Å²) in [5.41, 5.74) is 0.405. The lowest BCUT2D eigenvalue weighted by molar-refractivity contribution is 0.0178. The maximum atomic E-state index is 5.65. The summed E-state index contributed by atoms with van der Waals surface area (Å²) in [6.07, 6.45) is 5.33. The minimum Gasteiger partial charge on any atom is -0.382 e. The van der Waals surface area contributed by atoms with Crippen molar-refractivity contribution in [1.29, 1.82) is 0 Å². The van der Waals surface area contributed by atoms with Gasteiger partial charge >= 0.3 is 0 Å². The van der Waals surface area contributed by atoms with Gasteiger partial charge in [-0.1, -0.05) is 12.8 Å². The molecule has 0 heterocycles. The fourth-order valence-corrected chi connectivity index (χ4v) is 2.30. The Morgan fingerprint density at radius 2 is 1.87 bits per heavy atom. The van der Waals surface area contributed by atoms with Crippen molar-refractivity contribution in [3.63, 3.8) is 0 Å². The third-order valence-corrected chi connectivity index (χ3v) is 3.06. The van der Waals surface area contributed by atoms with Crippen molar-refractivity contribution in [3.05, 3.63) is 0 Å². The summed E-state index contributed by atoms with van der Waals surface area (Å²) in [5, 5.41) is 3.28. The van der Waals surface area contributed by atoms with E-state index in [9.17, 15) is 0 Å². The van der Waals surface area contributed by atoms with Gasteiger partial charge in [-0.15, -0.1) is 12.4 Å². The van der Waals surface area contributed by atoms with Crippen molar-refractivity contribution in [1.82, 2.24) is 5.32 Å². The molecule has 15 heavy (non-hydrogen) atoms. The standard InChI is InChI=1S/C11H23NO2.ClH/c1-12-9-11(5-3-4-6-11)10-14-8-7-13-2;/h12H,3-10H2,1-2H3;1H. The lowest BCUT2D eigenvalue weighted by Crippen LogP contribution is -2.34. The molecule has 0 atom stereocenters. The van der Waals surface area contributed by atoms with Gasteiger partial charge in [-0.05, 0) is 19.9 Å². The van der Waals surface area contributed by atoms with Crippen LogP contribution in [-0.4, -0.2) is 40.5 Å². The van der Waals surface area contributed by atoms with Crippen molar-refractivity contribution < 1.29 is 9.47 Å². The Kier molecular flexibility index (Phi) is 8.43. The van der Waals surface area contributed by atoms with Crippen LogP contribution in [0.4, 0.5) is 0 Å². The van der Waals surface area contributed by atoms with E-state index < -0.39 is 0 Å². The SMILES string of the molecule is CNCC1(COCCOC)CCCC1.Cl. The second-order valence-corrected chi connectivity index (χ2v) is 4.28. The first-order valence-electron chi connectivity index (χ1n) is 5.54. The molecule has 0 aliphatic heterocycles. The number of nitrogens with one attached hydrogen (secondary N) is 1. The second-order valence-electron chi connectivity index (χ2n) is 4.28. The summed E-state index contributed by atoms with van der Waals surface area (Å²) in [5.74, 6) is 0. The van der Waals surface area contributed by atoms with Crippen LogP contribution in [-0.2, 0) is 9.47 Å². The molecule has 3 nitrogen and oxygen atoms in total. The summed E-state index contributed by atoms with van der Waals surface area (Å²) < 4.78 is 10.6. The highest BCUT2D eigenvalue weighted by Crippen LogP contribution is 2.37. The molecule has 1 fully saturated rings. The van der Waals surface area contributed by atoms with Gasteiger partial charge < -0.3 is 14.8 Å². The predicted molar refractivity (Wildman–Crippen MR) is 64.8 cm³/mol. The monoisotopic (exact) mass is 237 g/mol. The van der Waals surface area contributed by atoms with Crippen LogP contribution >= 0.6 is 12.4 Å². The number of hydrogen-bond acceptors (Lipinski definition) is 3. The Hall–Kier alpha value is 0.170. The summed E-state index contributed by atoms with van der Waals surface area (Å²) in [7, 11) is 3.73. The van der Waals surface area contributed by atoms with Gasteiger partial charge in [0.15, 0.2) is 0 Å². The van der Waals surface area contributed by atoms with Crippen LogP contribution in [0.5, 0.6) is 0 Å². The molecule has 0 aromatic rings. The summed E-state index contributed by atoms with van der Waals surface area (Å²) in [4.78, 5) is 0. The zero-order valence-corrected chi connectivity index (χ0v) is 10.7. The smallest absolute Gasteiger partial charge is 0.0700 e. The van der Waals surface area contributed by atoms with Crippen molar-refractivity contribution in [2.75, 3.05) is 40.5 Å². The van der Waals surface area contributed by atoms with Gasteiger partial charge in [0.2, 0.25) is 0 Å². The average molecular weight is 238 g/mol. The third-order valence-electron chi connectivity index (χ3n) is 3.06. The summed E-state index contributed by atoms with van der Waals surface area (Å²) >= 11 is 0. The molecule has 1 aliphatic carbocycles. The number of hydrogen-bond donors (Lipinski definition) is 1. The van der Waals surface area contributed by atoms with E-state index in [1.54, 1.807) is 7.11 Å². The molecule has 0 aromatic carbocycles. The van der Waals surface area contributed by atoms with E-state index in [0.29, 0.717) is 12.0 Å². The molecule has 1 rings (SSSR count). The van der Waals surface area contributed by atoms with Crippen LogP contribution in [0.25, 0.3) is 0 Å². The number of halogens is 1. The number of rotatable bonds is 7. The molecule has 0 bridgehead atoms. The van der Waals surface area contributed by atoms with E-state index in [1.807, 2.05) is 7.05 Å². The fraction of sp³-hybridized carbons (Fsp3) is 1.00. The second kappa shape index (κ2) is 8.34. The molecule has 0 saturated heterocycles. The van der Waals surface area contributed by atoms with E-state index >= 15 is 0 Å². The topological polar surface area (TPSA) is 30.5 Å². The van der Waals surface area contributed by atoms with Crippen LogP contribution in [0.3, 0.4) is 0 Å². The first-order valence-corrected chi connectivity index (χ1v) is 5.54. The molecule has 1 saturated carbocycles. The van der Waals surface area contributed by atoms with E-state index in [1.165, 1.54) is 25.7 Å². The molecule has 0 radical (unpaired) electrons. The molecule has 92 valence electrons. The van der Waals surface area contributed by atoms with Crippen molar-refractivity contribution in [3.8, 4) is 0 Å². The Bertz CT molecular complexity index is 150. The highest BCUT2D eigenvalue weighted by atomic mass is 35.5. The zero-order chi connectivity index (χ0) is 10.3. The Morgan fingerprint density at radius 3 is 2.40 bits per heavy atom. The summed E-state index contributed by atoms with van der Waals surface area (Å²) in [6, 6.07) is 0. The lowest BCUT2D eigenvalue weighted by Gasteiger charge is -2.28. The zero-order valence-electron chi connectivity index (χ0n) is 9.88. The molecule has 0 aromatic heterocycles. The van der Waals surface area contributed by atoms with Crippen molar-refractivity contribution in [2.24, 2.45) is 5.41 Å². The average Bonchev–Trinajstić information content (AvgIpc) is 2.63. The number of methoxy groups -OCH3 is 1. The number of ether oxygens (including phenoxy) is 2. The van der Waals surface area contributed by atoms with Gasteiger partial charge in [0.05, 0.1) is 19.8 Å². The van der Waals surface area contributed by atoms with Gasteiger partial charge in [0, 0.05) is 19.1 Å². The predicted octanol–water partition coefficient (Wildman–Crippen LogP) is 1.85. The van der Waals surface area contributed by atoms with E-state index in [-0.39, 0.29) is 12.4 Å². The highest BCUT2D eigenvalue weighted by Gasteiger charge is 2.33. The van der Waals surface area contributed by atoms with Crippen LogP contribution in [0.15, 0.2) is 0 Å². The maximum Gasteiger partial charge on any atom is 0.0700 e. The molecule has 4 heteroatoms. The summed E-state index contributed by atoms with van der Waals surface area (Å²) in [6.45, 7) is 3.40. The van der Waals surface area contributed by atoms with E-state index in [2.05, 4.69) is 5.32 Å². The van der Waals surface area contributed by atoms with Crippen LogP contribution < -0.4 is 5.32 Å². The largest absolute Gasteiger partial charge is 0.382 e. The van der Waals surface area contributed by atoms with E-state index in [0.717, 1.165) is 19.8 Å². The molecular weight excluding hydrogens is 214 g/mol. The third kappa shape index (κ3) is 5.16. The van der Waals surface area contributed by atoms with Crippen molar-refractivity contribution >= 4 is 12.4 Å². The van der Waals surface area contributed by atoms with Crippen LogP contribution in [0.1, 0.15) is 25.7 Å². The van der Waals surface area contributed by atoms with Gasteiger partial charge in [0.1, 0.15) is 0 Å². The fourth-order valence-electron chi connectivity index (χ4n) is 2.30. The first-order chi connectivity index (χ1) is 6.83. The van der Waals surface area contributed by atoms with Gasteiger partial charge in [0.25, 0.3) is 0 Å². The minimum atomic E-state index is 0. The Labute approximate surface area is 99.3 Å². The van der Waals surface area contributed by atoms with Crippen molar-refractivity contribution in [2.45, 2.75) is 25.7 Å². The molecule has 1 aliphatic rings. The molecule has 0 unspecified atom stereocenters. The minimum absolute atomic E-state index is 0. The Morgan fingerprint density at radius 1 is 1.20 bits per heavy atom. The normalized spacial score (nSPS) is 18.8. The van der Waals surface area contributed by atoms with E-state index in [4.69, 9.17) is 9.47 Å².